The fourth-order valence-electron chi connectivity index (χ4n) is 2.53. The van der Waals surface area contributed by atoms with Crippen LogP contribution in [0.15, 0.2) is 47.4 Å². The molecule has 1 aliphatic heterocycles. The van der Waals surface area contributed by atoms with Crippen LogP contribution in [0.3, 0.4) is 0 Å². The molecule has 6 nitrogen and oxygen atoms in total. The second kappa shape index (κ2) is 8.64. The summed E-state index contributed by atoms with van der Waals surface area (Å²) in [5.41, 5.74) is 3.49. The number of methoxy groups -OCH3 is 2. The number of carbonyl (C=O) groups is 2. The fraction of sp³-hybridized carbons (Fsp3) is 0.105. The van der Waals surface area contributed by atoms with Crippen LogP contribution >= 0.6 is 35.6 Å². The monoisotopic (exact) mass is 434 g/mol. The summed E-state index contributed by atoms with van der Waals surface area (Å²) in [5, 5.41) is 1.46. The van der Waals surface area contributed by atoms with Crippen molar-refractivity contribution in [1.82, 2.24) is 10.4 Å². The number of thiocarbonyl (C=S) groups is 1. The molecule has 28 heavy (non-hydrogen) atoms. The van der Waals surface area contributed by atoms with Gasteiger partial charge in [0, 0.05) is 16.1 Å². The van der Waals surface area contributed by atoms with Crippen molar-refractivity contribution in [1.29, 1.82) is 0 Å². The number of benzene rings is 2. The molecule has 1 saturated heterocycles. The first-order chi connectivity index (χ1) is 13.4. The highest BCUT2D eigenvalue weighted by molar-refractivity contribution is 8.26. The van der Waals surface area contributed by atoms with E-state index in [-0.39, 0.29) is 4.32 Å². The fourth-order valence-corrected chi connectivity index (χ4v) is 3.89. The number of hydrogen-bond acceptors (Lipinski definition) is 6. The average molecular weight is 435 g/mol. The van der Waals surface area contributed by atoms with Gasteiger partial charge in [0.15, 0.2) is 15.8 Å². The number of rotatable bonds is 5. The highest BCUT2D eigenvalue weighted by Gasteiger charge is 2.34. The molecule has 9 heteroatoms. The summed E-state index contributed by atoms with van der Waals surface area (Å²) >= 11 is 12.2. The van der Waals surface area contributed by atoms with Crippen molar-refractivity contribution in [3.63, 3.8) is 0 Å². The van der Waals surface area contributed by atoms with Crippen LogP contribution in [0.4, 0.5) is 0 Å². The summed E-state index contributed by atoms with van der Waals surface area (Å²) in [6.45, 7) is 0. The molecule has 0 bridgehead atoms. The molecule has 0 spiro atoms. The SMILES string of the molecule is COc1cccc(C=C2SC(=S)N(NC(=O)c3cccc(Cl)c3)C2=O)c1OC. The Bertz CT molecular complexity index is 994. The lowest BCUT2D eigenvalue weighted by Gasteiger charge is -2.15. The summed E-state index contributed by atoms with van der Waals surface area (Å²) in [7, 11) is 3.05. The molecule has 0 aromatic heterocycles. The average Bonchev–Trinajstić information content (AvgIpc) is 2.95. The van der Waals surface area contributed by atoms with Gasteiger partial charge in [0.1, 0.15) is 0 Å². The highest BCUT2D eigenvalue weighted by atomic mass is 35.5. The standard InChI is InChI=1S/C19H15ClN2O4S2/c1-25-14-8-4-5-11(16(14)26-2)10-15-18(24)22(19(27)28-15)21-17(23)12-6-3-7-13(20)9-12/h3-10H,1-2H3,(H,21,23). The maximum absolute atomic E-state index is 12.7. The van der Waals surface area contributed by atoms with E-state index in [2.05, 4.69) is 5.43 Å². The van der Waals surface area contributed by atoms with E-state index in [1.165, 1.54) is 20.3 Å². The first-order valence-electron chi connectivity index (χ1n) is 8.00. The van der Waals surface area contributed by atoms with Crippen molar-refractivity contribution in [2.75, 3.05) is 14.2 Å². The van der Waals surface area contributed by atoms with Crippen molar-refractivity contribution in [2.45, 2.75) is 0 Å². The molecular weight excluding hydrogens is 420 g/mol. The molecule has 0 aliphatic carbocycles. The van der Waals surface area contributed by atoms with E-state index in [4.69, 9.17) is 33.3 Å². The van der Waals surface area contributed by atoms with Crippen molar-refractivity contribution in [3.05, 3.63) is 63.5 Å². The van der Waals surface area contributed by atoms with E-state index in [1.807, 2.05) is 0 Å². The quantitative estimate of drug-likeness (QED) is 0.568. The summed E-state index contributed by atoms with van der Waals surface area (Å²) in [5.74, 6) is 0.119. The summed E-state index contributed by atoms with van der Waals surface area (Å²) in [6.07, 6.45) is 1.65. The van der Waals surface area contributed by atoms with E-state index in [9.17, 15) is 9.59 Å². The van der Waals surface area contributed by atoms with Gasteiger partial charge in [-0.05, 0) is 42.6 Å². The summed E-state index contributed by atoms with van der Waals surface area (Å²) in [6, 6.07) is 11.7. The van der Waals surface area contributed by atoms with Crippen molar-refractivity contribution < 1.29 is 19.1 Å². The molecule has 3 rings (SSSR count). The van der Waals surface area contributed by atoms with Crippen LogP contribution in [0.1, 0.15) is 15.9 Å². The van der Waals surface area contributed by atoms with Gasteiger partial charge in [0.25, 0.3) is 11.8 Å². The molecular formula is C19H15ClN2O4S2. The minimum absolute atomic E-state index is 0.216. The number of ether oxygens (including phenoxy) is 2. The molecule has 2 amide bonds. The zero-order valence-electron chi connectivity index (χ0n) is 14.9. The zero-order valence-corrected chi connectivity index (χ0v) is 17.3. The van der Waals surface area contributed by atoms with Crippen LogP contribution in [-0.2, 0) is 4.79 Å². The Kier molecular flexibility index (Phi) is 6.23. The second-order valence-corrected chi connectivity index (χ2v) is 7.66. The van der Waals surface area contributed by atoms with Gasteiger partial charge in [0.05, 0.1) is 19.1 Å². The number of halogens is 1. The Morgan fingerprint density at radius 1 is 1.21 bits per heavy atom. The van der Waals surface area contributed by atoms with Crippen molar-refractivity contribution in [3.8, 4) is 11.5 Å². The van der Waals surface area contributed by atoms with E-state index < -0.39 is 11.8 Å². The number of amides is 2. The van der Waals surface area contributed by atoms with Gasteiger partial charge in [0.2, 0.25) is 0 Å². The number of carbonyl (C=O) groups excluding carboxylic acids is 2. The molecule has 0 atom stereocenters. The van der Waals surface area contributed by atoms with Crippen molar-refractivity contribution in [2.24, 2.45) is 0 Å². The first-order valence-corrected chi connectivity index (χ1v) is 9.60. The number of nitrogens with zero attached hydrogens (tertiary/aromatic N) is 1. The molecule has 2 aromatic carbocycles. The van der Waals surface area contributed by atoms with E-state index in [1.54, 1.807) is 42.5 Å². The lowest BCUT2D eigenvalue weighted by molar-refractivity contribution is -0.123. The van der Waals surface area contributed by atoms with E-state index in [0.717, 1.165) is 16.8 Å². The van der Waals surface area contributed by atoms with E-state index in [0.29, 0.717) is 32.6 Å². The number of thioether (sulfide) groups is 1. The molecule has 0 unspecified atom stereocenters. The van der Waals surface area contributed by atoms with Gasteiger partial charge in [-0.15, -0.1) is 0 Å². The maximum atomic E-state index is 12.7. The third-order valence-corrected chi connectivity index (χ3v) is 5.35. The number of hydrazine groups is 1. The van der Waals surface area contributed by atoms with Gasteiger partial charge in [-0.3, -0.25) is 15.0 Å². The van der Waals surface area contributed by atoms with Gasteiger partial charge in [-0.2, -0.15) is 5.01 Å². The molecule has 0 radical (unpaired) electrons. The third-order valence-electron chi connectivity index (χ3n) is 3.81. The smallest absolute Gasteiger partial charge is 0.285 e. The Balaban J connectivity index is 1.84. The Morgan fingerprint density at radius 2 is 1.96 bits per heavy atom. The van der Waals surface area contributed by atoms with Gasteiger partial charge in [-0.25, -0.2) is 0 Å². The lowest BCUT2D eigenvalue weighted by atomic mass is 10.1. The molecule has 144 valence electrons. The maximum Gasteiger partial charge on any atom is 0.285 e. The minimum Gasteiger partial charge on any atom is -0.493 e. The number of nitrogens with one attached hydrogen (secondary N) is 1. The minimum atomic E-state index is -0.487. The Labute approximate surface area is 176 Å². The molecule has 0 saturated carbocycles. The predicted molar refractivity (Wildman–Crippen MR) is 113 cm³/mol. The summed E-state index contributed by atoms with van der Waals surface area (Å²) in [4.78, 5) is 25.5. The highest BCUT2D eigenvalue weighted by Crippen LogP contribution is 2.36. The molecule has 1 N–H and O–H groups in total. The Hall–Kier alpha value is -2.55. The lowest BCUT2D eigenvalue weighted by Crippen LogP contribution is -2.44. The number of hydrogen-bond donors (Lipinski definition) is 1. The zero-order chi connectivity index (χ0) is 20.3. The van der Waals surface area contributed by atoms with Gasteiger partial charge >= 0.3 is 0 Å². The number of para-hydroxylation sites is 1. The first kappa shape index (κ1) is 20.2. The van der Waals surface area contributed by atoms with E-state index >= 15 is 0 Å². The van der Waals surface area contributed by atoms with Crippen molar-refractivity contribution >= 4 is 57.8 Å². The molecule has 1 heterocycles. The largest absolute Gasteiger partial charge is 0.493 e. The molecule has 1 fully saturated rings. The van der Waals surface area contributed by atoms with Crippen LogP contribution in [0, 0.1) is 0 Å². The van der Waals surface area contributed by atoms with Crippen LogP contribution in [0.25, 0.3) is 6.08 Å². The second-order valence-electron chi connectivity index (χ2n) is 5.55. The Morgan fingerprint density at radius 3 is 2.64 bits per heavy atom. The van der Waals surface area contributed by atoms with Crippen LogP contribution in [0.2, 0.25) is 5.02 Å². The molecule has 2 aromatic rings. The topological polar surface area (TPSA) is 67.9 Å². The normalized spacial score (nSPS) is 15.1. The predicted octanol–water partition coefficient (Wildman–Crippen LogP) is 3.90. The van der Waals surface area contributed by atoms with Gasteiger partial charge in [-0.1, -0.05) is 41.6 Å². The third kappa shape index (κ3) is 4.14. The van der Waals surface area contributed by atoms with Gasteiger partial charge < -0.3 is 9.47 Å². The van der Waals surface area contributed by atoms with Crippen LogP contribution < -0.4 is 14.9 Å². The summed E-state index contributed by atoms with van der Waals surface area (Å²) < 4.78 is 10.9. The van der Waals surface area contributed by atoms with Crippen LogP contribution in [0.5, 0.6) is 11.5 Å². The van der Waals surface area contributed by atoms with Crippen LogP contribution in [-0.4, -0.2) is 35.4 Å². The molecule has 1 aliphatic rings.